The molecule has 2 aromatic rings. The molecule has 4 rings (SSSR count). The molecule has 0 N–H and O–H groups in total. The predicted octanol–water partition coefficient (Wildman–Crippen LogP) is 8.31. The van der Waals surface area contributed by atoms with Gasteiger partial charge >= 0.3 is 11.9 Å². The number of benzene rings is 2. The first-order valence-corrected chi connectivity index (χ1v) is 20.9. The Labute approximate surface area is 329 Å². The van der Waals surface area contributed by atoms with Gasteiger partial charge in [-0.2, -0.15) is 5.26 Å². The minimum absolute atomic E-state index is 0.0734. The Bertz CT molecular complexity index is 1490. The molecule has 304 valence electrons. The number of rotatable bonds is 19. The number of esters is 2. The summed E-state index contributed by atoms with van der Waals surface area (Å²) in [4.78, 5) is 26.9. The quantitative estimate of drug-likeness (QED) is 0.0770. The lowest BCUT2D eigenvalue weighted by Crippen LogP contribution is -2.60. The Morgan fingerprint density at radius 2 is 1.22 bits per heavy atom. The fourth-order valence-corrected chi connectivity index (χ4v) is 8.79. The van der Waals surface area contributed by atoms with E-state index in [1.54, 1.807) is 48.5 Å². The van der Waals surface area contributed by atoms with Crippen LogP contribution in [-0.2, 0) is 37.5 Å². The third-order valence-electron chi connectivity index (χ3n) is 10.3. The van der Waals surface area contributed by atoms with E-state index in [0.717, 1.165) is 6.42 Å². The molecule has 11 unspecified atom stereocenters. The summed E-state index contributed by atoms with van der Waals surface area (Å²) < 4.78 is 53.1. The lowest BCUT2D eigenvalue weighted by molar-refractivity contribution is -0.338. The van der Waals surface area contributed by atoms with Gasteiger partial charge in [-0.15, -0.1) is 0 Å². The summed E-state index contributed by atoms with van der Waals surface area (Å²) in [5.41, 5.74) is 0.838. The monoisotopic (exact) mass is 784 g/mol. The molecule has 0 amide bonds. The highest BCUT2D eigenvalue weighted by Crippen LogP contribution is 2.46. The van der Waals surface area contributed by atoms with Crippen molar-refractivity contribution >= 4 is 20.5 Å². The number of carbonyl (C=O) groups excluding carboxylic acids is 2. The largest absolute Gasteiger partial charge is 0.453 e. The molecule has 2 saturated heterocycles. The van der Waals surface area contributed by atoms with E-state index >= 15 is 0 Å². The zero-order valence-electron chi connectivity index (χ0n) is 33.9. The van der Waals surface area contributed by atoms with Crippen molar-refractivity contribution in [1.82, 2.24) is 4.67 Å². The highest BCUT2D eigenvalue weighted by Gasteiger charge is 2.51. The number of ether oxygens (including phenoxy) is 6. The van der Waals surface area contributed by atoms with Crippen LogP contribution in [0.5, 0.6) is 0 Å². The second kappa shape index (κ2) is 22.1. The van der Waals surface area contributed by atoms with Crippen LogP contribution >= 0.6 is 8.53 Å². The maximum absolute atomic E-state index is 13.5. The normalized spacial score (nSPS) is 28.9. The molecule has 2 aliphatic rings. The molecule has 12 nitrogen and oxygen atoms in total. The van der Waals surface area contributed by atoms with Gasteiger partial charge in [0.25, 0.3) is 8.53 Å². The average molecular weight is 785 g/mol. The molecule has 2 aromatic carbocycles. The molecule has 0 radical (unpaired) electrons. The van der Waals surface area contributed by atoms with Gasteiger partial charge in [-0.1, -0.05) is 71.0 Å². The van der Waals surface area contributed by atoms with Crippen LogP contribution in [-0.4, -0.2) is 91.6 Å². The molecule has 55 heavy (non-hydrogen) atoms. The third-order valence-corrected chi connectivity index (χ3v) is 12.4. The standard InChI is InChI=1S/C42H61N2O10P/c1-10-34-29(7)30(8)37(52-39(45)32-19-14-12-15-20-32)42(50-34)54-36-31(9)38(53-40(46)33-21-16-13-17-22-33)41(51-35(36)11-2)47-25-26-49-55(48-24-18-23-43)44(27(3)4)28(5)6/h12-17,19-22,27-31,34-38,41-42H,10-11,18,24-26H2,1-9H3. The minimum atomic E-state index is -1.47. The Balaban J connectivity index is 1.56. The summed E-state index contributed by atoms with van der Waals surface area (Å²) >= 11 is 0. The van der Waals surface area contributed by atoms with Crippen molar-refractivity contribution in [2.45, 2.75) is 137 Å². The zero-order valence-corrected chi connectivity index (χ0v) is 34.8. The van der Waals surface area contributed by atoms with Crippen molar-refractivity contribution in [3.8, 4) is 6.07 Å². The average Bonchev–Trinajstić information content (AvgIpc) is 3.18. The fourth-order valence-electron chi connectivity index (χ4n) is 7.22. The van der Waals surface area contributed by atoms with Crippen LogP contribution in [0.1, 0.15) is 102 Å². The van der Waals surface area contributed by atoms with E-state index in [1.807, 2.05) is 26.0 Å². The summed E-state index contributed by atoms with van der Waals surface area (Å²) in [7, 11) is -1.47. The topological polar surface area (TPSA) is 135 Å². The second-order valence-electron chi connectivity index (χ2n) is 14.8. The fraction of sp³-hybridized carbons (Fsp3) is 0.643. The van der Waals surface area contributed by atoms with Crippen molar-refractivity contribution in [3.05, 3.63) is 71.8 Å². The molecular weight excluding hydrogens is 723 g/mol. The van der Waals surface area contributed by atoms with E-state index in [-0.39, 0.29) is 56.3 Å². The molecule has 0 bridgehead atoms. The van der Waals surface area contributed by atoms with Crippen LogP contribution in [0, 0.1) is 29.1 Å². The molecule has 2 heterocycles. The lowest BCUT2D eigenvalue weighted by Gasteiger charge is -2.49. The molecule has 2 aliphatic heterocycles. The van der Waals surface area contributed by atoms with Crippen molar-refractivity contribution < 1.29 is 47.1 Å². The number of nitriles is 1. The molecule has 13 heteroatoms. The van der Waals surface area contributed by atoms with E-state index in [2.05, 4.69) is 59.2 Å². The van der Waals surface area contributed by atoms with Gasteiger partial charge in [-0.3, -0.25) is 0 Å². The molecular formula is C42H61N2O10P. The predicted molar refractivity (Wildman–Crippen MR) is 209 cm³/mol. The Morgan fingerprint density at radius 1 is 0.709 bits per heavy atom. The first kappa shape index (κ1) is 44.7. The minimum Gasteiger partial charge on any atom is -0.453 e. The van der Waals surface area contributed by atoms with Crippen LogP contribution in [0.25, 0.3) is 0 Å². The third kappa shape index (κ3) is 12.0. The van der Waals surface area contributed by atoms with E-state index in [1.165, 1.54) is 0 Å². The van der Waals surface area contributed by atoms with E-state index in [4.69, 9.17) is 42.7 Å². The van der Waals surface area contributed by atoms with Gasteiger partial charge in [-0.25, -0.2) is 14.3 Å². The smallest absolute Gasteiger partial charge is 0.338 e. The van der Waals surface area contributed by atoms with Gasteiger partial charge in [0.1, 0.15) is 0 Å². The summed E-state index contributed by atoms with van der Waals surface area (Å²) in [5, 5.41) is 9.08. The van der Waals surface area contributed by atoms with Gasteiger partial charge in [0, 0.05) is 23.9 Å². The highest BCUT2D eigenvalue weighted by atomic mass is 31.2. The number of hydrogen-bond donors (Lipinski definition) is 0. The van der Waals surface area contributed by atoms with Crippen molar-refractivity contribution in [2.24, 2.45) is 17.8 Å². The Morgan fingerprint density at radius 3 is 1.73 bits per heavy atom. The number of hydrogen-bond acceptors (Lipinski definition) is 12. The summed E-state index contributed by atoms with van der Waals surface area (Å²) in [6, 6.07) is 20.1. The summed E-state index contributed by atoms with van der Waals surface area (Å²) in [5.74, 6) is -1.37. The van der Waals surface area contributed by atoms with E-state index in [9.17, 15) is 9.59 Å². The van der Waals surface area contributed by atoms with Gasteiger partial charge in [0.15, 0.2) is 24.8 Å². The van der Waals surface area contributed by atoms with Crippen molar-refractivity contribution in [1.29, 1.82) is 5.26 Å². The second-order valence-corrected chi connectivity index (χ2v) is 16.3. The molecule has 2 fully saturated rings. The van der Waals surface area contributed by atoms with Crippen LogP contribution in [0.2, 0.25) is 0 Å². The summed E-state index contributed by atoms with van der Waals surface area (Å²) in [6.07, 6.45) is -3.03. The van der Waals surface area contributed by atoms with Crippen molar-refractivity contribution in [3.63, 3.8) is 0 Å². The summed E-state index contributed by atoms with van der Waals surface area (Å²) in [6.45, 7) is 19.0. The van der Waals surface area contributed by atoms with Crippen molar-refractivity contribution in [2.75, 3.05) is 19.8 Å². The highest BCUT2D eigenvalue weighted by molar-refractivity contribution is 7.44. The number of nitrogens with zero attached hydrogens (tertiary/aromatic N) is 2. The lowest BCUT2D eigenvalue weighted by atomic mass is 9.82. The van der Waals surface area contributed by atoms with E-state index in [0.29, 0.717) is 17.5 Å². The van der Waals surface area contributed by atoms with E-state index < -0.39 is 63.4 Å². The zero-order chi connectivity index (χ0) is 40.1. The van der Waals surface area contributed by atoms with Crippen LogP contribution in [0.4, 0.5) is 0 Å². The maximum atomic E-state index is 13.5. The molecule has 0 spiro atoms. The van der Waals surface area contributed by atoms with Gasteiger partial charge in [-0.05, 0) is 70.7 Å². The first-order chi connectivity index (χ1) is 26.4. The maximum Gasteiger partial charge on any atom is 0.338 e. The number of carbonyl (C=O) groups is 2. The Kier molecular flexibility index (Phi) is 18.0. The molecule has 0 aromatic heterocycles. The van der Waals surface area contributed by atoms with Gasteiger partial charge < -0.3 is 37.5 Å². The van der Waals surface area contributed by atoms with Gasteiger partial charge in [0.05, 0.1) is 61.7 Å². The van der Waals surface area contributed by atoms with Crippen LogP contribution < -0.4 is 0 Å². The first-order valence-electron chi connectivity index (χ1n) is 19.7. The molecule has 0 aliphatic carbocycles. The molecule has 11 atom stereocenters. The van der Waals surface area contributed by atoms with Crippen LogP contribution in [0.3, 0.4) is 0 Å². The van der Waals surface area contributed by atoms with Crippen LogP contribution in [0.15, 0.2) is 60.7 Å². The Hall–Kier alpha value is -2.98. The van der Waals surface area contributed by atoms with Gasteiger partial charge in [0.2, 0.25) is 0 Å². The SMILES string of the molecule is CCC1OC(OC2C(CC)OC(OCCOP(OCCC#N)N(C(C)C)C(C)C)C(OC(=O)c3ccccc3)C2C)C(OC(=O)c2ccccc2)C(C)C1C. The molecule has 0 saturated carbocycles.